The topological polar surface area (TPSA) is 95.9 Å². The van der Waals surface area contributed by atoms with Crippen molar-refractivity contribution in [2.45, 2.75) is 24.9 Å². The van der Waals surface area contributed by atoms with Crippen LogP contribution in [0.25, 0.3) is 0 Å². The molecule has 0 saturated carbocycles. The number of hydrogen-bond acceptors (Lipinski definition) is 7. The van der Waals surface area contributed by atoms with Gasteiger partial charge in [-0.1, -0.05) is 18.2 Å². The Kier molecular flexibility index (Phi) is 4.92. The molecule has 2 fully saturated rings. The van der Waals surface area contributed by atoms with Crippen molar-refractivity contribution in [1.82, 2.24) is 10.2 Å². The van der Waals surface area contributed by atoms with E-state index in [1.807, 2.05) is 17.5 Å². The molecular formula is C21H22N2O5S. The maximum atomic E-state index is 13.2. The summed E-state index contributed by atoms with van der Waals surface area (Å²) in [5.41, 5.74) is -0.622. The molecule has 2 amide bonds. The van der Waals surface area contributed by atoms with Gasteiger partial charge in [0.2, 0.25) is 11.8 Å². The van der Waals surface area contributed by atoms with Crippen molar-refractivity contribution in [3.05, 3.63) is 52.2 Å². The molecule has 3 heterocycles. The second-order valence-electron chi connectivity index (χ2n) is 7.37. The number of nitrogens with one attached hydrogen (secondary N) is 1. The Morgan fingerprint density at radius 1 is 1.24 bits per heavy atom. The number of ether oxygens (including phenoxy) is 1. The van der Waals surface area contributed by atoms with Crippen LogP contribution in [-0.2, 0) is 25.5 Å². The number of fused-ring (bicyclic) bond motifs is 1. The Bertz CT molecular complexity index is 942. The summed E-state index contributed by atoms with van der Waals surface area (Å²) in [6.45, 7) is 2.02. The van der Waals surface area contributed by atoms with E-state index < -0.39 is 29.4 Å². The lowest BCUT2D eigenvalue weighted by molar-refractivity contribution is -0.154. The third kappa shape index (κ3) is 2.94. The fraction of sp³-hybridized carbons (Fsp3) is 0.381. The largest absolute Gasteiger partial charge is 0.508 e. The Morgan fingerprint density at radius 2 is 1.97 bits per heavy atom. The number of hydrogen-bond donors (Lipinski definition) is 2. The van der Waals surface area contributed by atoms with Gasteiger partial charge in [-0.2, -0.15) is 0 Å². The second kappa shape index (κ2) is 7.27. The van der Waals surface area contributed by atoms with E-state index in [4.69, 9.17) is 4.74 Å². The number of carbonyl (C=O) groups excluding carboxylic acids is 3. The highest BCUT2D eigenvalue weighted by molar-refractivity contribution is 7.10. The van der Waals surface area contributed by atoms with E-state index in [1.54, 1.807) is 19.1 Å². The maximum Gasteiger partial charge on any atom is 0.327 e. The minimum Gasteiger partial charge on any atom is -0.508 e. The third-order valence-electron chi connectivity index (χ3n) is 5.88. The number of esters is 1. The molecule has 1 aromatic carbocycles. The molecule has 29 heavy (non-hydrogen) atoms. The number of phenolic OH excluding ortho intramolecular Hbond substituents is 1. The number of likely N-dealkylation sites (tertiary alicyclic amines) is 1. The quantitative estimate of drug-likeness (QED) is 0.573. The molecule has 2 aliphatic heterocycles. The highest BCUT2D eigenvalue weighted by Crippen LogP contribution is 2.51. The fourth-order valence-electron chi connectivity index (χ4n) is 4.63. The molecule has 0 bridgehead atoms. The van der Waals surface area contributed by atoms with Crippen LogP contribution in [0.2, 0.25) is 0 Å². The molecule has 7 nitrogen and oxygen atoms in total. The van der Waals surface area contributed by atoms with E-state index in [-0.39, 0.29) is 30.5 Å². The van der Waals surface area contributed by atoms with E-state index >= 15 is 0 Å². The van der Waals surface area contributed by atoms with Crippen LogP contribution in [-0.4, -0.2) is 47.0 Å². The number of carbonyl (C=O) groups is 3. The van der Waals surface area contributed by atoms with Gasteiger partial charge in [0.1, 0.15) is 11.3 Å². The van der Waals surface area contributed by atoms with Crippen molar-refractivity contribution in [1.29, 1.82) is 0 Å². The minimum atomic E-state index is -1.37. The van der Waals surface area contributed by atoms with Gasteiger partial charge in [0.05, 0.1) is 25.0 Å². The molecule has 2 aliphatic rings. The molecule has 0 unspecified atom stereocenters. The lowest BCUT2D eigenvalue weighted by Crippen LogP contribution is -2.57. The van der Waals surface area contributed by atoms with Crippen LogP contribution in [0.1, 0.15) is 23.4 Å². The first kappa shape index (κ1) is 19.6. The number of rotatable bonds is 5. The Labute approximate surface area is 172 Å². The predicted molar refractivity (Wildman–Crippen MR) is 106 cm³/mol. The summed E-state index contributed by atoms with van der Waals surface area (Å²) in [5.74, 6) is -2.60. The lowest BCUT2D eigenvalue weighted by Gasteiger charge is -2.32. The summed E-state index contributed by atoms with van der Waals surface area (Å²) in [4.78, 5) is 41.6. The Hall–Kier alpha value is -2.71. The first-order valence-corrected chi connectivity index (χ1v) is 10.3. The SMILES string of the molecule is CCN1C(=O)[C@H]2[C@@H](C1=O)[C@@](Cc1ccc(O)cc1)(C(=O)OC)N[C@H]2c1cccs1. The van der Waals surface area contributed by atoms with E-state index in [9.17, 15) is 19.5 Å². The number of benzene rings is 1. The smallest absolute Gasteiger partial charge is 0.327 e. The van der Waals surface area contributed by atoms with Gasteiger partial charge in [-0.15, -0.1) is 11.3 Å². The zero-order chi connectivity index (χ0) is 20.8. The first-order chi connectivity index (χ1) is 13.9. The van der Waals surface area contributed by atoms with E-state index in [0.717, 1.165) is 10.4 Å². The second-order valence-corrected chi connectivity index (χ2v) is 8.35. The number of phenols is 1. The average Bonchev–Trinajstić information content (AvgIpc) is 3.41. The number of methoxy groups -OCH3 is 1. The van der Waals surface area contributed by atoms with Crippen LogP contribution in [0.15, 0.2) is 41.8 Å². The molecule has 152 valence electrons. The van der Waals surface area contributed by atoms with Gasteiger partial charge in [-0.25, -0.2) is 0 Å². The highest BCUT2D eigenvalue weighted by Gasteiger charge is 2.68. The van der Waals surface area contributed by atoms with Crippen molar-refractivity contribution < 1.29 is 24.2 Å². The summed E-state index contributed by atoms with van der Waals surface area (Å²) in [5, 5.41) is 14.8. The molecule has 0 spiro atoms. The van der Waals surface area contributed by atoms with Crippen molar-refractivity contribution in [2.75, 3.05) is 13.7 Å². The van der Waals surface area contributed by atoms with Crippen LogP contribution in [0, 0.1) is 11.8 Å². The zero-order valence-corrected chi connectivity index (χ0v) is 16.9. The fourth-order valence-corrected chi connectivity index (χ4v) is 5.45. The summed E-state index contributed by atoms with van der Waals surface area (Å²) in [7, 11) is 1.29. The average molecular weight is 414 g/mol. The molecule has 4 rings (SSSR count). The Morgan fingerprint density at radius 3 is 2.55 bits per heavy atom. The van der Waals surface area contributed by atoms with Crippen LogP contribution >= 0.6 is 11.3 Å². The van der Waals surface area contributed by atoms with Crippen LogP contribution in [0.3, 0.4) is 0 Å². The Balaban J connectivity index is 1.84. The first-order valence-electron chi connectivity index (χ1n) is 9.45. The summed E-state index contributed by atoms with van der Waals surface area (Å²) < 4.78 is 5.13. The molecule has 8 heteroatoms. The molecule has 2 saturated heterocycles. The van der Waals surface area contributed by atoms with Crippen molar-refractivity contribution in [3.63, 3.8) is 0 Å². The number of thiophene rings is 1. The number of amides is 2. The van der Waals surface area contributed by atoms with Crippen LogP contribution in [0.5, 0.6) is 5.75 Å². The van der Waals surface area contributed by atoms with Crippen LogP contribution in [0.4, 0.5) is 0 Å². The van der Waals surface area contributed by atoms with Crippen molar-refractivity contribution >= 4 is 29.1 Å². The molecule has 0 radical (unpaired) electrons. The monoisotopic (exact) mass is 414 g/mol. The maximum absolute atomic E-state index is 13.2. The van der Waals surface area contributed by atoms with Gasteiger partial charge in [-0.3, -0.25) is 24.6 Å². The molecule has 2 aromatic rings. The zero-order valence-electron chi connectivity index (χ0n) is 16.1. The molecule has 2 N–H and O–H groups in total. The summed E-state index contributed by atoms with van der Waals surface area (Å²) >= 11 is 1.48. The van der Waals surface area contributed by atoms with Gasteiger partial charge in [-0.05, 0) is 36.1 Å². The van der Waals surface area contributed by atoms with Crippen molar-refractivity contribution in [3.8, 4) is 5.75 Å². The molecule has 1 aromatic heterocycles. The number of nitrogens with zero attached hydrogens (tertiary/aromatic N) is 1. The minimum absolute atomic E-state index is 0.110. The molecule has 0 aliphatic carbocycles. The van der Waals surface area contributed by atoms with E-state index in [1.165, 1.54) is 35.5 Å². The summed E-state index contributed by atoms with van der Waals surface area (Å²) in [6, 6.07) is 9.80. The van der Waals surface area contributed by atoms with E-state index in [0.29, 0.717) is 0 Å². The van der Waals surface area contributed by atoms with Crippen molar-refractivity contribution in [2.24, 2.45) is 11.8 Å². The van der Waals surface area contributed by atoms with Gasteiger partial charge in [0.15, 0.2) is 0 Å². The highest BCUT2D eigenvalue weighted by atomic mass is 32.1. The lowest BCUT2D eigenvalue weighted by atomic mass is 9.76. The third-order valence-corrected chi connectivity index (χ3v) is 6.84. The van der Waals surface area contributed by atoms with Gasteiger partial charge in [0.25, 0.3) is 0 Å². The molecular weight excluding hydrogens is 392 g/mol. The van der Waals surface area contributed by atoms with Crippen LogP contribution < -0.4 is 5.32 Å². The standard InChI is InChI=1S/C21H22N2O5S/c1-3-23-18(25)15-16(19(23)26)21(20(27)28-2,11-12-6-8-13(24)9-7-12)22-17(15)14-5-4-10-29-14/h4-10,15-17,22,24H,3,11H2,1-2H3/t15-,16-,17-,21-/m0/s1. The summed E-state index contributed by atoms with van der Waals surface area (Å²) in [6.07, 6.45) is 0.166. The van der Waals surface area contributed by atoms with Gasteiger partial charge >= 0.3 is 5.97 Å². The molecule has 4 atom stereocenters. The van der Waals surface area contributed by atoms with E-state index in [2.05, 4.69) is 5.32 Å². The van der Waals surface area contributed by atoms with Gasteiger partial charge < -0.3 is 9.84 Å². The number of aromatic hydroxyl groups is 1. The van der Waals surface area contributed by atoms with Gasteiger partial charge in [0, 0.05) is 17.8 Å². The predicted octanol–water partition coefficient (Wildman–Crippen LogP) is 1.87. The number of imide groups is 1. The normalized spacial score (nSPS) is 28.6.